The number of amides is 1. The van der Waals surface area contributed by atoms with Crippen LogP contribution < -0.4 is 15.8 Å². The van der Waals surface area contributed by atoms with Crippen molar-refractivity contribution in [3.63, 3.8) is 0 Å². The predicted molar refractivity (Wildman–Crippen MR) is 68.7 cm³/mol. The number of methoxy groups -OCH3 is 1. The standard InChI is InChI=1S/C13H18N2O3/c1-17-9-4-5-11(12(14)7-9)13(16)15-8-10-3-2-6-18-10/h4-5,7,10H,2-3,6,8,14H2,1H3,(H,15,16). The van der Waals surface area contributed by atoms with Crippen LogP contribution in [0.5, 0.6) is 5.75 Å². The summed E-state index contributed by atoms with van der Waals surface area (Å²) in [5, 5.41) is 2.83. The lowest BCUT2D eigenvalue weighted by Crippen LogP contribution is -2.32. The van der Waals surface area contributed by atoms with Crippen LogP contribution in [0.1, 0.15) is 23.2 Å². The van der Waals surface area contributed by atoms with Crippen LogP contribution in [0, 0.1) is 0 Å². The highest BCUT2D eigenvalue weighted by Gasteiger charge is 2.17. The van der Waals surface area contributed by atoms with E-state index >= 15 is 0 Å². The molecule has 98 valence electrons. The van der Waals surface area contributed by atoms with Crippen LogP contribution in [0.25, 0.3) is 0 Å². The van der Waals surface area contributed by atoms with Crippen molar-refractivity contribution in [3.8, 4) is 5.75 Å². The van der Waals surface area contributed by atoms with Crippen LogP contribution in [0.4, 0.5) is 5.69 Å². The number of benzene rings is 1. The van der Waals surface area contributed by atoms with E-state index in [1.807, 2.05) is 0 Å². The van der Waals surface area contributed by atoms with Gasteiger partial charge in [-0.2, -0.15) is 0 Å². The first-order valence-corrected chi connectivity index (χ1v) is 6.04. The molecule has 1 aromatic carbocycles. The molecule has 2 rings (SSSR count). The zero-order valence-corrected chi connectivity index (χ0v) is 10.4. The SMILES string of the molecule is COc1ccc(C(=O)NCC2CCCO2)c(N)c1. The van der Waals surface area contributed by atoms with Gasteiger partial charge in [0.2, 0.25) is 0 Å². The number of hydrogen-bond acceptors (Lipinski definition) is 4. The summed E-state index contributed by atoms with van der Waals surface area (Å²) in [5.74, 6) is 0.467. The Kier molecular flexibility index (Phi) is 4.04. The first kappa shape index (κ1) is 12.7. The van der Waals surface area contributed by atoms with Crippen molar-refractivity contribution < 1.29 is 14.3 Å². The minimum absolute atomic E-state index is 0.133. The number of rotatable bonds is 4. The number of carbonyl (C=O) groups excluding carboxylic acids is 1. The molecule has 1 unspecified atom stereocenters. The Morgan fingerprint density at radius 2 is 2.44 bits per heavy atom. The molecule has 0 bridgehead atoms. The first-order chi connectivity index (χ1) is 8.70. The lowest BCUT2D eigenvalue weighted by atomic mass is 10.1. The van der Waals surface area contributed by atoms with E-state index in [4.69, 9.17) is 15.2 Å². The Bertz CT molecular complexity index is 428. The summed E-state index contributed by atoms with van der Waals surface area (Å²) in [6.07, 6.45) is 2.19. The molecule has 0 aromatic heterocycles. The lowest BCUT2D eigenvalue weighted by molar-refractivity contribution is 0.0858. The molecule has 0 spiro atoms. The van der Waals surface area contributed by atoms with E-state index in [9.17, 15) is 4.79 Å². The van der Waals surface area contributed by atoms with E-state index < -0.39 is 0 Å². The Labute approximate surface area is 106 Å². The normalized spacial score (nSPS) is 18.6. The molecule has 1 aliphatic rings. The number of nitrogen functional groups attached to an aromatic ring is 1. The summed E-state index contributed by atoms with van der Waals surface area (Å²) in [5.41, 5.74) is 6.69. The van der Waals surface area contributed by atoms with Gasteiger partial charge in [-0.15, -0.1) is 0 Å². The van der Waals surface area contributed by atoms with Gasteiger partial charge in [0.05, 0.1) is 18.8 Å². The average Bonchev–Trinajstić information content (AvgIpc) is 2.88. The van der Waals surface area contributed by atoms with Crippen molar-refractivity contribution in [2.24, 2.45) is 0 Å². The molecule has 1 heterocycles. The highest BCUT2D eigenvalue weighted by molar-refractivity contribution is 5.99. The van der Waals surface area contributed by atoms with E-state index in [1.165, 1.54) is 0 Å². The van der Waals surface area contributed by atoms with E-state index in [0.717, 1.165) is 19.4 Å². The summed E-state index contributed by atoms with van der Waals surface area (Å²) < 4.78 is 10.5. The van der Waals surface area contributed by atoms with Crippen LogP contribution in [0.3, 0.4) is 0 Å². The van der Waals surface area contributed by atoms with Gasteiger partial charge in [0.1, 0.15) is 5.75 Å². The van der Waals surface area contributed by atoms with Gasteiger partial charge < -0.3 is 20.5 Å². The van der Waals surface area contributed by atoms with Crippen molar-refractivity contribution in [2.45, 2.75) is 18.9 Å². The van der Waals surface area contributed by atoms with Gasteiger partial charge in [-0.25, -0.2) is 0 Å². The second kappa shape index (κ2) is 5.73. The molecule has 0 radical (unpaired) electrons. The molecule has 0 saturated carbocycles. The minimum atomic E-state index is -0.175. The van der Waals surface area contributed by atoms with E-state index in [1.54, 1.807) is 25.3 Å². The Morgan fingerprint density at radius 3 is 3.06 bits per heavy atom. The number of carbonyl (C=O) groups is 1. The summed E-state index contributed by atoms with van der Waals surface area (Å²) in [7, 11) is 1.56. The van der Waals surface area contributed by atoms with Crippen molar-refractivity contribution in [3.05, 3.63) is 23.8 Å². The van der Waals surface area contributed by atoms with Crippen molar-refractivity contribution in [2.75, 3.05) is 26.0 Å². The van der Waals surface area contributed by atoms with E-state index in [0.29, 0.717) is 23.5 Å². The van der Waals surface area contributed by atoms with Gasteiger partial charge in [-0.05, 0) is 25.0 Å². The number of nitrogens with two attached hydrogens (primary N) is 1. The van der Waals surface area contributed by atoms with Gasteiger partial charge in [-0.3, -0.25) is 4.79 Å². The Hall–Kier alpha value is -1.75. The quantitative estimate of drug-likeness (QED) is 0.787. The first-order valence-electron chi connectivity index (χ1n) is 6.04. The van der Waals surface area contributed by atoms with E-state index in [2.05, 4.69) is 5.32 Å². The van der Waals surface area contributed by atoms with Gasteiger partial charge in [-0.1, -0.05) is 0 Å². The number of hydrogen-bond donors (Lipinski definition) is 2. The molecular weight excluding hydrogens is 232 g/mol. The molecule has 1 amide bonds. The molecule has 1 atom stereocenters. The molecule has 5 nitrogen and oxygen atoms in total. The third kappa shape index (κ3) is 2.92. The Balaban J connectivity index is 1.95. The number of anilines is 1. The lowest BCUT2D eigenvalue weighted by Gasteiger charge is -2.12. The zero-order valence-electron chi connectivity index (χ0n) is 10.4. The number of ether oxygens (including phenoxy) is 2. The highest BCUT2D eigenvalue weighted by Crippen LogP contribution is 2.19. The zero-order chi connectivity index (χ0) is 13.0. The molecule has 1 aliphatic heterocycles. The molecular formula is C13H18N2O3. The summed E-state index contributed by atoms with van der Waals surface area (Å²) in [6.45, 7) is 1.31. The maximum absolute atomic E-state index is 11.9. The average molecular weight is 250 g/mol. The smallest absolute Gasteiger partial charge is 0.253 e. The van der Waals surface area contributed by atoms with Crippen LogP contribution in [0.15, 0.2) is 18.2 Å². The molecule has 0 aliphatic carbocycles. The van der Waals surface area contributed by atoms with Gasteiger partial charge in [0.15, 0.2) is 0 Å². The molecule has 1 fully saturated rings. The van der Waals surface area contributed by atoms with Crippen LogP contribution in [-0.2, 0) is 4.74 Å². The van der Waals surface area contributed by atoms with Crippen molar-refractivity contribution in [1.29, 1.82) is 0 Å². The van der Waals surface area contributed by atoms with E-state index in [-0.39, 0.29) is 12.0 Å². The van der Waals surface area contributed by atoms with Gasteiger partial charge in [0, 0.05) is 24.9 Å². The minimum Gasteiger partial charge on any atom is -0.497 e. The number of nitrogens with one attached hydrogen (secondary N) is 1. The second-order valence-electron chi connectivity index (χ2n) is 4.30. The van der Waals surface area contributed by atoms with Crippen LogP contribution >= 0.6 is 0 Å². The largest absolute Gasteiger partial charge is 0.497 e. The fraction of sp³-hybridized carbons (Fsp3) is 0.462. The monoisotopic (exact) mass is 250 g/mol. The maximum atomic E-state index is 11.9. The van der Waals surface area contributed by atoms with Crippen LogP contribution in [0.2, 0.25) is 0 Å². The van der Waals surface area contributed by atoms with Crippen LogP contribution in [-0.4, -0.2) is 32.3 Å². The predicted octanol–water partition coefficient (Wildman–Crippen LogP) is 1.19. The third-order valence-corrected chi connectivity index (χ3v) is 3.02. The van der Waals surface area contributed by atoms with Crippen molar-refractivity contribution in [1.82, 2.24) is 5.32 Å². The second-order valence-corrected chi connectivity index (χ2v) is 4.30. The fourth-order valence-electron chi connectivity index (χ4n) is 1.98. The third-order valence-electron chi connectivity index (χ3n) is 3.02. The van der Waals surface area contributed by atoms with Gasteiger partial charge >= 0.3 is 0 Å². The fourth-order valence-corrected chi connectivity index (χ4v) is 1.98. The Morgan fingerprint density at radius 1 is 1.61 bits per heavy atom. The maximum Gasteiger partial charge on any atom is 0.253 e. The summed E-state index contributed by atoms with van der Waals surface area (Å²) >= 11 is 0. The molecule has 1 saturated heterocycles. The molecule has 5 heteroatoms. The summed E-state index contributed by atoms with van der Waals surface area (Å²) in [6, 6.07) is 5.03. The molecule has 1 aromatic rings. The highest BCUT2D eigenvalue weighted by atomic mass is 16.5. The van der Waals surface area contributed by atoms with Crippen molar-refractivity contribution >= 4 is 11.6 Å². The molecule has 18 heavy (non-hydrogen) atoms. The summed E-state index contributed by atoms with van der Waals surface area (Å²) in [4.78, 5) is 11.9. The van der Waals surface area contributed by atoms with Gasteiger partial charge in [0.25, 0.3) is 5.91 Å². The molecule has 3 N–H and O–H groups in total. The topological polar surface area (TPSA) is 73.6 Å².